The van der Waals surface area contributed by atoms with Gasteiger partial charge in [-0.1, -0.05) is 29.3 Å². The number of aryl methyl sites for hydroxylation is 3. The average Bonchev–Trinajstić information content (AvgIpc) is 3.52. The molecule has 5 aromatic rings. The van der Waals surface area contributed by atoms with E-state index in [0.29, 0.717) is 32.9 Å². The number of H-pyrrole nitrogens is 2. The van der Waals surface area contributed by atoms with Crippen LogP contribution in [0, 0.1) is 20.8 Å². The number of nitrogens with one attached hydrogen (secondary N) is 2. The lowest BCUT2D eigenvalue weighted by Gasteiger charge is -1.98. The highest BCUT2D eigenvalue weighted by molar-refractivity contribution is 7.12. The Balaban J connectivity index is 1.50. The number of aromatic nitrogens is 5. The zero-order chi connectivity index (χ0) is 24.7. The fourth-order valence-electron chi connectivity index (χ4n) is 3.47. The molecule has 0 atom stereocenters. The van der Waals surface area contributed by atoms with Gasteiger partial charge in [0, 0.05) is 22.5 Å². The van der Waals surface area contributed by atoms with Crippen LogP contribution in [0.5, 0.6) is 0 Å². The fourth-order valence-corrected chi connectivity index (χ4v) is 4.46. The van der Waals surface area contributed by atoms with Crippen molar-refractivity contribution in [2.24, 2.45) is 10.2 Å². The highest BCUT2D eigenvalue weighted by Gasteiger charge is 2.28. The largest absolute Gasteiger partial charge is 0.437 e. The summed E-state index contributed by atoms with van der Waals surface area (Å²) >= 11 is 7.19. The van der Waals surface area contributed by atoms with E-state index in [1.165, 1.54) is 20.7 Å². The Morgan fingerprint density at radius 3 is 2.60 bits per heavy atom. The van der Waals surface area contributed by atoms with Gasteiger partial charge in [-0.2, -0.15) is 9.80 Å². The molecule has 12 heteroatoms. The molecule has 0 fully saturated rings. The molecule has 3 heterocycles. The highest BCUT2D eigenvalue weighted by atomic mass is 35.5. The Labute approximate surface area is 207 Å². The number of rotatable bonds is 5. The van der Waals surface area contributed by atoms with Crippen LogP contribution in [-0.4, -0.2) is 20.0 Å². The number of hydrogen-bond donors (Lipinski definition) is 2. The summed E-state index contributed by atoms with van der Waals surface area (Å²) in [5, 5.41) is 16.6. The van der Waals surface area contributed by atoms with Crippen molar-refractivity contribution < 1.29 is 9.20 Å². The fraction of sp³-hybridized carbons (Fsp3) is 0.130. The van der Waals surface area contributed by atoms with E-state index in [1.54, 1.807) is 30.5 Å². The van der Waals surface area contributed by atoms with Gasteiger partial charge < -0.3 is 0 Å². The van der Waals surface area contributed by atoms with Crippen LogP contribution in [0.2, 0.25) is 5.02 Å². The Kier molecular flexibility index (Phi) is 5.79. The molecular weight excluding hydrogens is 490 g/mol. The summed E-state index contributed by atoms with van der Waals surface area (Å²) in [7, 11) is 0. The van der Waals surface area contributed by atoms with E-state index in [-0.39, 0.29) is 11.4 Å². The van der Waals surface area contributed by atoms with Gasteiger partial charge in [-0.25, -0.2) is 9.78 Å². The Morgan fingerprint density at radius 2 is 1.86 bits per heavy atom. The summed E-state index contributed by atoms with van der Waals surface area (Å²) < 4.78 is 7.81. The predicted molar refractivity (Wildman–Crippen MR) is 132 cm³/mol. The zero-order valence-electron chi connectivity index (χ0n) is 18.9. The molecule has 0 saturated carbocycles. The molecule has 3 aromatic heterocycles. The maximum absolute atomic E-state index is 13.1. The molecule has 2 aromatic carbocycles. The summed E-state index contributed by atoms with van der Waals surface area (Å²) in [6, 6.07) is 12.8. The molecule has 0 radical (unpaired) electrons. The lowest BCUT2D eigenvalue weighted by atomic mass is 10.2. The van der Waals surface area contributed by atoms with E-state index in [2.05, 4.69) is 25.6 Å². The van der Waals surface area contributed by atoms with Crippen LogP contribution in [0.3, 0.4) is 0 Å². The third-order valence-corrected chi connectivity index (χ3v) is 6.38. The molecule has 2 N–H and O–H groups in total. The number of thiazole rings is 1. The van der Waals surface area contributed by atoms with Gasteiger partial charge in [0.1, 0.15) is 0 Å². The average molecular weight is 509 g/mol. The van der Waals surface area contributed by atoms with Crippen molar-refractivity contribution in [1.82, 2.24) is 20.0 Å². The number of hydrogen-bond acceptors (Lipinski definition) is 7. The van der Waals surface area contributed by atoms with E-state index in [4.69, 9.17) is 16.1 Å². The van der Waals surface area contributed by atoms with Gasteiger partial charge in [0.15, 0.2) is 11.4 Å². The second kappa shape index (κ2) is 8.93. The van der Waals surface area contributed by atoms with Crippen LogP contribution in [0.4, 0.5) is 11.4 Å². The normalized spacial score (nSPS) is 11.5. The summed E-state index contributed by atoms with van der Waals surface area (Å²) in [5.41, 5.74) is 3.51. The molecule has 0 spiro atoms. The number of nitrogens with zero attached hydrogens (tertiary/aromatic N) is 5. The second-order valence-electron chi connectivity index (χ2n) is 7.87. The number of benzene rings is 2. The third-order valence-electron chi connectivity index (χ3n) is 5.32. The van der Waals surface area contributed by atoms with Crippen molar-refractivity contribution >= 4 is 34.3 Å². The quantitative estimate of drug-likeness (QED) is 0.260. The van der Waals surface area contributed by atoms with Gasteiger partial charge in [-0.15, -0.1) is 16.5 Å². The van der Waals surface area contributed by atoms with Crippen molar-refractivity contribution in [3.05, 3.63) is 90.5 Å². The van der Waals surface area contributed by atoms with Gasteiger partial charge >= 0.3 is 16.9 Å². The SMILES string of the molecule is Cc1ccc(-[n+]2[nH]oc(=O)c2-c2csc(-n3[nH]c(C)c(N=Nc4ccc(Cl)cc4C)c3=O)n2)cc1. The smallest absolute Gasteiger partial charge is 0.291 e. The maximum Gasteiger partial charge on any atom is 0.437 e. The van der Waals surface area contributed by atoms with E-state index >= 15 is 0 Å². The van der Waals surface area contributed by atoms with Crippen molar-refractivity contribution in [2.75, 3.05) is 0 Å². The first-order valence-electron chi connectivity index (χ1n) is 10.5. The highest BCUT2D eigenvalue weighted by Crippen LogP contribution is 2.26. The molecule has 0 aliphatic rings. The van der Waals surface area contributed by atoms with E-state index in [1.807, 2.05) is 38.1 Å². The van der Waals surface area contributed by atoms with Crippen molar-refractivity contribution in [2.45, 2.75) is 20.8 Å². The first-order valence-corrected chi connectivity index (χ1v) is 11.7. The second-order valence-corrected chi connectivity index (χ2v) is 9.15. The molecule has 0 aliphatic carbocycles. The van der Waals surface area contributed by atoms with Gasteiger partial charge in [-0.05, 0) is 54.5 Å². The molecule has 10 nitrogen and oxygen atoms in total. The summed E-state index contributed by atoms with van der Waals surface area (Å²) in [6.45, 7) is 5.56. The van der Waals surface area contributed by atoms with Gasteiger partial charge in [-0.3, -0.25) is 14.4 Å². The van der Waals surface area contributed by atoms with Crippen LogP contribution in [0.1, 0.15) is 16.8 Å². The summed E-state index contributed by atoms with van der Waals surface area (Å²) in [6.07, 6.45) is 0. The molecule has 0 amide bonds. The molecule has 35 heavy (non-hydrogen) atoms. The first-order chi connectivity index (χ1) is 16.8. The molecule has 176 valence electrons. The molecule has 0 bridgehead atoms. The van der Waals surface area contributed by atoms with Crippen LogP contribution >= 0.6 is 22.9 Å². The Bertz CT molecular complexity index is 1690. The molecular formula is C23H19ClN7O3S+. The van der Waals surface area contributed by atoms with Gasteiger partial charge in [0.05, 0.1) is 11.4 Å². The molecule has 5 rings (SSSR count). The van der Waals surface area contributed by atoms with E-state index < -0.39 is 11.2 Å². The number of aromatic amines is 2. The minimum Gasteiger partial charge on any atom is -0.291 e. The lowest BCUT2D eigenvalue weighted by molar-refractivity contribution is -0.660. The van der Waals surface area contributed by atoms with Crippen molar-refractivity contribution in [3.8, 4) is 22.2 Å². The minimum atomic E-state index is -0.578. The molecule has 0 aliphatic heterocycles. The Hall–Kier alpha value is -4.09. The van der Waals surface area contributed by atoms with Gasteiger partial charge in [0.2, 0.25) is 10.8 Å². The van der Waals surface area contributed by atoms with Crippen LogP contribution in [0.15, 0.2) is 72.2 Å². The van der Waals surface area contributed by atoms with Crippen LogP contribution < -0.4 is 15.9 Å². The topological polar surface area (TPSA) is 125 Å². The standard InChI is InChI=1S/C23H18ClN7O3S/c1-12-4-7-16(8-5-12)30-20(22(33)34-29-30)18-11-35-23(25-18)31-21(32)19(14(3)28-31)27-26-17-9-6-15(24)10-13(17)2/h4-11H,1-3H3,(H-,26,28,29,32,33)/p+1. The minimum absolute atomic E-state index is 0.159. The zero-order valence-corrected chi connectivity index (χ0v) is 20.4. The van der Waals surface area contributed by atoms with Crippen molar-refractivity contribution in [1.29, 1.82) is 0 Å². The Morgan fingerprint density at radius 1 is 1.09 bits per heavy atom. The maximum atomic E-state index is 13.1. The summed E-state index contributed by atoms with van der Waals surface area (Å²) in [4.78, 5) is 30.0. The monoisotopic (exact) mass is 508 g/mol. The van der Waals surface area contributed by atoms with E-state index in [0.717, 1.165) is 11.1 Å². The number of halogens is 1. The van der Waals surface area contributed by atoms with Gasteiger partial charge in [0.25, 0.3) is 0 Å². The third kappa shape index (κ3) is 4.27. The first kappa shape index (κ1) is 22.7. The number of azo groups is 1. The molecule has 0 unspecified atom stereocenters. The predicted octanol–water partition coefficient (Wildman–Crippen LogP) is 4.84. The van der Waals surface area contributed by atoms with E-state index in [9.17, 15) is 9.59 Å². The summed E-state index contributed by atoms with van der Waals surface area (Å²) in [5.74, 6) is 0. The van der Waals surface area contributed by atoms with Crippen molar-refractivity contribution in [3.63, 3.8) is 0 Å². The molecule has 0 saturated heterocycles. The van der Waals surface area contributed by atoms with Crippen LogP contribution in [-0.2, 0) is 0 Å². The lowest BCUT2D eigenvalue weighted by Crippen LogP contribution is -2.36. The van der Waals surface area contributed by atoms with Crippen LogP contribution in [0.25, 0.3) is 22.2 Å².